The van der Waals surface area contributed by atoms with Crippen LogP contribution in [0, 0.1) is 0 Å². The predicted octanol–water partition coefficient (Wildman–Crippen LogP) is 3.43. The highest BCUT2D eigenvalue weighted by molar-refractivity contribution is 5.34. The molecular formula is C12H11F3N2O. The molecule has 0 saturated heterocycles. The summed E-state index contributed by atoms with van der Waals surface area (Å²) in [5.41, 5.74) is 5.46. The van der Waals surface area contributed by atoms with Crippen molar-refractivity contribution in [1.29, 1.82) is 0 Å². The first-order valence-corrected chi connectivity index (χ1v) is 5.27. The minimum absolute atomic E-state index is 0.197. The predicted molar refractivity (Wildman–Crippen MR) is 59.9 cm³/mol. The van der Waals surface area contributed by atoms with E-state index < -0.39 is 11.7 Å². The fourth-order valence-electron chi connectivity index (χ4n) is 1.63. The Kier molecular flexibility index (Phi) is 3.02. The molecule has 0 aliphatic carbocycles. The number of nitrogens with two attached hydrogens (primary N) is 1. The first kappa shape index (κ1) is 12.5. The molecule has 1 unspecified atom stereocenters. The van der Waals surface area contributed by atoms with Gasteiger partial charge in [0.2, 0.25) is 0 Å². The minimum Gasteiger partial charge on any atom is -0.381 e. The Labute approximate surface area is 101 Å². The molecule has 1 heterocycles. The zero-order valence-corrected chi connectivity index (χ0v) is 9.53. The molecular weight excluding hydrogens is 245 g/mol. The fourth-order valence-corrected chi connectivity index (χ4v) is 1.63. The molecule has 2 rings (SSSR count). The average molecular weight is 256 g/mol. The number of nitrogens with zero attached hydrogens (tertiary/aromatic N) is 1. The zero-order valence-electron chi connectivity index (χ0n) is 9.53. The van der Waals surface area contributed by atoms with E-state index in [0.29, 0.717) is 11.3 Å². The van der Waals surface area contributed by atoms with Gasteiger partial charge in [-0.25, -0.2) is 0 Å². The molecule has 0 radical (unpaired) electrons. The van der Waals surface area contributed by atoms with E-state index in [1.54, 1.807) is 6.07 Å². The number of aromatic nitrogens is 1. The van der Waals surface area contributed by atoms with Gasteiger partial charge < -0.3 is 10.3 Å². The molecule has 0 aliphatic rings. The number of anilines is 1. The summed E-state index contributed by atoms with van der Waals surface area (Å²) >= 11 is 0. The van der Waals surface area contributed by atoms with Gasteiger partial charge >= 0.3 is 6.18 Å². The lowest BCUT2D eigenvalue weighted by molar-refractivity contribution is -0.137. The van der Waals surface area contributed by atoms with Gasteiger partial charge in [0.15, 0.2) is 5.82 Å². The summed E-state index contributed by atoms with van der Waals surface area (Å²) in [4.78, 5) is 0. The minimum atomic E-state index is -4.32. The van der Waals surface area contributed by atoms with E-state index in [1.807, 2.05) is 6.92 Å². The number of hydrogen-bond acceptors (Lipinski definition) is 3. The van der Waals surface area contributed by atoms with Crippen molar-refractivity contribution in [1.82, 2.24) is 5.16 Å². The molecule has 6 heteroatoms. The van der Waals surface area contributed by atoms with Gasteiger partial charge in [-0.15, -0.1) is 0 Å². The first-order valence-electron chi connectivity index (χ1n) is 5.27. The highest BCUT2D eigenvalue weighted by Crippen LogP contribution is 2.31. The monoisotopic (exact) mass is 256 g/mol. The number of hydrogen-bond donors (Lipinski definition) is 1. The Balaban J connectivity index is 2.24. The molecule has 1 aromatic heterocycles. The summed E-state index contributed by atoms with van der Waals surface area (Å²) in [6.45, 7) is 1.81. The molecule has 3 nitrogen and oxygen atoms in total. The largest absolute Gasteiger partial charge is 0.416 e. The van der Waals surface area contributed by atoms with Gasteiger partial charge in [-0.1, -0.05) is 24.2 Å². The van der Waals surface area contributed by atoms with Gasteiger partial charge in [0, 0.05) is 12.0 Å². The normalized spacial score (nSPS) is 13.6. The van der Waals surface area contributed by atoms with Crippen molar-refractivity contribution in [2.24, 2.45) is 0 Å². The van der Waals surface area contributed by atoms with Crippen LogP contribution in [0.25, 0.3) is 0 Å². The molecule has 0 amide bonds. The van der Waals surface area contributed by atoms with E-state index >= 15 is 0 Å². The highest BCUT2D eigenvalue weighted by atomic mass is 19.4. The summed E-state index contributed by atoms with van der Waals surface area (Å²) in [5, 5.41) is 3.54. The maximum atomic E-state index is 12.4. The second-order valence-electron chi connectivity index (χ2n) is 4.00. The SMILES string of the molecule is CC(c1ccc(C(F)(F)F)cc1)c1cc(N)no1. The Morgan fingerprint density at radius 3 is 2.28 bits per heavy atom. The van der Waals surface area contributed by atoms with Gasteiger partial charge in [0.25, 0.3) is 0 Å². The topological polar surface area (TPSA) is 52.0 Å². The molecule has 1 atom stereocenters. The molecule has 0 bridgehead atoms. The molecule has 0 spiro atoms. The van der Waals surface area contributed by atoms with Crippen molar-refractivity contribution in [2.45, 2.75) is 19.0 Å². The average Bonchev–Trinajstić information content (AvgIpc) is 2.74. The maximum Gasteiger partial charge on any atom is 0.416 e. The zero-order chi connectivity index (χ0) is 13.3. The van der Waals surface area contributed by atoms with Crippen LogP contribution in [0.15, 0.2) is 34.9 Å². The smallest absolute Gasteiger partial charge is 0.381 e. The summed E-state index contributed by atoms with van der Waals surface area (Å²) in [6.07, 6.45) is -4.32. The third kappa shape index (κ3) is 2.47. The van der Waals surface area contributed by atoms with Crippen LogP contribution in [0.5, 0.6) is 0 Å². The van der Waals surface area contributed by atoms with Crippen molar-refractivity contribution in [3.8, 4) is 0 Å². The number of nitrogen functional groups attached to an aromatic ring is 1. The summed E-state index contributed by atoms with van der Waals surface area (Å²) in [7, 11) is 0. The van der Waals surface area contributed by atoms with E-state index in [9.17, 15) is 13.2 Å². The van der Waals surface area contributed by atoms with Crippen molar-refractivity contribution in [2.75, 3.05) is 5.73 Å². The van der Waals surface area contributed by atoms with E-state index in [1.165, 1.54) is 12.1 Å². The Bertz CT molecular complexity index is 531. The Hall–Kier alpha value is -1.98. The van der Waals surface area contributed by atoms with Gasteiger partial charge in [-0.05, 0) is 17.7 Å². The molecule has 2 aromatic rings. The molecule has 0 saturated carbocycles. The standard InChI is InChI=1S/C12H11F3N2O/c1-7(10-6-11(16)17-18-10)8-2-4-9(5-3-8)12(13,14)15/h2-7H,1H3,(H2,16,17). The van der Waals surface area contributed by atoms with Crippen LogP contribution in [-0.2, 0) is 6.18 Å². The lowest BCUT2D eigenvalue weighted by Crippen LogP contribution is -2.05. The van der Waals surface area contributed by atoms with Crippen molar-refractivity contribution in [3.05, 3.63) is 47.2 Å². The van der Waals surface area contributed by atoms with E-state index in [-0.39, 0.29) is 11.7 Å². The van der Waals surface area contributed by atoms with Crippen LogP contribution >= 0.6 is 0 Å². The fraction of sp³-hybridized carbons (Fsp3) is 0.250. The third-order valence-electron chi connectivity index (χ3n) is 2.71. The van der Waals surface area contributed by atoms with Crippen molar-refractivity contribution >= 4 is 5.82 Å². The summed E-state index contributed by atoms with van der Waals surface area (Å²) in [6, 6.07) is 6.50. The second-order valence-corrected chi connectivity index (χ2v) is 4.00. The third-order valence-corrected chi connectivity index (χ3v) is 2.71. The number of rotatable bonds is 2. The van der Waals surface area contributed by atoms with E-state index in [0.717, 1.165) is 12.1 Å². The van der Waals surface area contributed by atoms with Crippen LogP contribution in [0.1, 0.15) is 29.7 Å². The van der Waals surface area contributed by atoms with Gasteiger partial charge in [-0.2, -0.15) is 13.2 Å². The lowest BCUT2D eigenvalue weighted by Gasteiger charge is -2.10. The lowest BCUT2D eigenvalue weighted by atomic mass is 9.97. The van der Waals surface area contributed by atoms with Gasteiger partial charge in [0.1, 0.15) is 5.76 Å². The molecule has 18 heavy (non-hydrogen) atoms. The van der Waals surface area contributed by atoms with E-state index in [4.69, 9.17) is 10.3 Å². The second kappa shape index (κ2) is 4.36. The van der Waals surface area contributed by atoms with Crippen LogP contribution in [-0.4, -0.2) is 5.16 Å². The first-order chi connectivity index (χ1) is 8.38. The quantitative estimate of drug-likeness (QED) is 0.895. The number of alkyl halides is 3. The van der Waals surface area contributed by atoms with Crippen LogP contribution < -0.4 is 5.73 Å². The number of benzene rings is 1. The van der Waals surface area contributed by atoms with Crippen LogP contribution in [0.3, 0.4) is 0 Å². The number of halogens is 3. The highest BCUT2D eigenvalue weighted by Gasteiger charge is 2.30. The Morgan fingerprint density at radius 2 is 1.83 bits per heavy atom. The molecule has 96 valence electrons. The molecule has 2 N–H and O–H groups in total. The van der Waals surface area contributed by atoms with Gasteiger partial charge in [-0.3, -0.25) is 0 Å². The summed E-state index contributed by atoms with van der Waals surface area (Å²) < 4.78 is 42.2. The molecule has 0 aliphatic heterocycles. The van der Waals surface area contributed by atoms with Crippen LogP contribution in [0.4, 0.5) is 19.0 Å². The van der Waals surface area contributed by atoms with Gasteiger partial charge in [0.05, 0.1) is 5.56 Å². The van der Waals surface area contributed by atoms with Crippen molar-refractivity contribution in [3.63, 3.8) is 0 Å². The maximum absolute atomic E-state index is 12.4. The summed E-state index contributed by atoms with van der Waals surface area (Å²) in [5.74, 6) is 0.577. The Morgan fingerprint density at radius 1 is 1.22 bits per heavy atom. The molecule has 1 aromatic carbocycles. The van der Waals surface area contributed by atoms with Crippen LogP contribution in [0.2, 0.25) is 0 Å². The molecule has 0 fully saturated rings. The van der Waals surface area contributed by atoms with Crippen molar-refractivity contribution < 1.29 is 17.7 Å². The van der Waals surface area contributed by atoms with E-state index in [2.05, 4.69) is 5.16 Å².